The first-order chi connectivity index (χ1) is 9.81. The van der Waals surface area contributed by atoms with Crippen molar-refractivity contribution in [2.45, 2.75) is 0 Å². The lowest BCUT2D eigenvalue weighted by atomic mass is 9.98. The molecule has 0 spiro atoms. The maximum Gasteiger partial charge on any atom is 0.300 e. The number of anilines is 1. The van der Waals surface area contributed by atoms with Gasteiger partial charge in [0.2, 0.25) is 0 Å². The van der Waals surface area contributed by atoms with Crippen LogP contribution < -0.4 is 9.57 Å². The van der Waals surface area contributed by atoms with Gasteiger partial charge >= 0.3 is 0 Å². The summed E-state index contributed by atoms with van der Waals surface area (Å²) in [6, 6.07) is 10.7. The van der Waals surface area contributed by atoms with E-state index in [1.807, 2.05) is 36.8 Å². The van der Waals surface area contributed by atoms with Crippen molar-refractivity contribution in [2.75, 3.05) is 11.9 Å². The topological polar surface area (TPSA) is 20.6 Å². The lowest BCUT2D eigenvalue weighted by Crippen LogP contribution is -2.16. The van der Waals surface area contributed by atoms with Crippen molar-refractivity contribution in [2.24, 2.45) is 0 Å². The molecular weight excluding hydrogens is 246 g/mol. The van der Waals surface area contributed by atoms with Gasteiger partial charge in [-0.1, -0.05) is 16.8 Å². The molecule has 0 radical (unpaired) electrons. The van der Waals surface area contributed by atoms with Crippen LogP contribution in [0.1, 0.15) is 11.1 Å². The van der Waals surface area contributed by atoms with Crippen LogP contribution in [0.3, 0.4) is 0 Å². The third kappa shape index (κ3) is 1.65. The molecule has 0 unspecified atom stereocenters. The molecular formula is C17H14N3+. The van der Waals surface area contributed by atoms with E-state index >= 15 is 0 Å². The largest absolute Gasteiger partial charge is 0.354 e. The number of nitrogens with zero attached hydrogens (tertiary/aromatic N) is 3. The van der Waals surface area contributed by atoms with Crippen molar-refractivity contribution in [1.29, 1.82) is 0 Å². The Kier molecular flexibility index (Phi) is 2.28. The molecule has 3 heteroatoms. The standard InChI is InChI=1S/C17H14N3/c1-19-5-7-20(8-6-19)16-9-13-3-2-4-14-11-18-12-15(10-16)17(13)14/h2-12H,1H3/q+1. The summed E-state index contributed by atoms with van der Waals surface area (Å²) < 4.78 is 4.33. The molecule has 2 aliphatic heterocycles. The minimum absolute atomic E-state index is 1.15. The van der Waals surface area contributed by atoms with Gasteiger partial charge in [-0.15, -0.1) is 0 Å². The fraction of sp³-hybridized carbons (Fsp3) is 0.0588. The molecule has 0 saturated heterocycles. The zero-order valence-electron chi connectivity index (χ0n) is 11.2. The summed E-state index contributed by atoms with van der Waals surface area (Å²) in [4.78, 5) is 4.14. The SMILES string of the molecule is CN1C=CN(c2cc3c4c(cccc4c2)C=[N+]=C3)C=C1. The van der Waals surface area contributed by atoms with Crippen molar-refractivity contribution in [3.8, 4) is 0 Å². The molecule has 2 aliphatic rings. The van der Waals surface area contributed by atoms with Gasteiger partial charge in [0.05, 0.1) is 11.1 Å². The van der Waals surface area contributed by atoms with Crippen LogP contribution in [0.2, 0.25) is 0 Å². The first-order valence-electron chi connectivity index (χ1n) is 6.61. The predicted octanol–water partition coefficient (Wildman–Crippen LogP) is 2.45. The number of rotatable bonds is 1. The van der Waals surface area contributed by atoms with Crippen LogP contribution in [0.15, 0.2) is 55.1 Å². The normalized spacial score (nSPS) is 15.4. The van der Waals surface area contributed by atoms with Crippen molar-refractivity contribution in [3.63, 3.8) is 0 Å². The van der Waals surface area contributed by atoms with Gasteiger partial charge in [0.25, 0.3) is 12.4 Å². The van der Waals surface area contributed by atoms with Gasteiger partial charge in [-0.05, 0) is 23.6 Å². The smallest absolute Gasteiger partial charge is 0.300 e. The third-order valence-electron chi connectivity index (χ3n) is 3.67. The van der Waals surface area contributed by atoms with E-state index < -0.39 is 0 Å². The highest BCUT2D eigenvalue weighted by molar-refractivity contribution is 6.12. The van der Waals surface area contributed by atoms with Gasteiger partial charge in [-0.25, -0.2) is 0 Å². The molecule has 2 aromatic carbocycles. The Labute approximate surface area is 117 Å². The van der Waals surface area contributed by atoms with E-state index in [1.165, 1.54) is 21.9 Å². The first kappa shape index (κ1) is 11.1. The quantitative estimate of drug-likeness (QED) is 0.626. The fourth-order valence-corrected chi connectivity index (χ4v) is 2.66. The Bertz CT molecular complexity index is 809. The number of hydrogen-bond acceptors (Lipinski definition) is 2. The summed E-state index contributed by atoms with van der Waals surface area (Å²) >= 11 is 0. The number of hydrogen-bond donors (Lipinski definition) is 0. The minimum atomic E-state index is 1.15. The summed E-state index contributed by atoms with van der Waals surface area (Å²) in [6.07, 6.45) is 12.0. The second kappa shape index (κ2) is 4.12. The zero-order chi connectivity index (χ0) is 13.5. The highest BCUT2D eigenvalue weighted by atomic mass is 15.2. The van der Waals surface area contributed by atoms with E-state index in [-0.39, 0.29) is 0 Å². The first-order valence-corrected chi connectivity index (χ1v) is 6.61. The Hall–Kier alpha value is -2.77. The fourth-order valence-electron chi connectivity index (χ4n) is 2.66. The average Bonchev–Trinajstić information content (AvgIpc) is 2.48. The van der Waals surface area contributed by atoms with Crippen molar-refractivity contribution in [1.82, 2.24) is 9.57 Å². The lowest BCUT2D eigenvalue weighted by Gasteiger charge is -2.23. The van der Waals surface area contributed by atoms with Gasteiger partial charge < -0.3 is 9.80 Å². The molecule has 0 saturated carbocycles. The molecule has 0 aliphatic carbocycles. The lowest BCUT2D eigenvalue weighted by molar-refractivity contribution is 0.612. The Morgan fingerprint density at radius 1 is 0.900 bits per heavy atom. The summed E-state index contributed by atoms with van der Waals surface area (Å²) in [6.45, 7) is 0. The highest BCUT2D eigenvalue weighted by Crippen LogP contribution is 2.29. The molecule has 0 bridgehead atoms. The van der Waals surface area contributed by atoms with E-state index in [0.29, 0.717) is 0 Å². The Balaban J connectivity index is 1.91. The van der Waals surface area contributed by atoms with Gasteiger partial charge in [-0.3, -0.25) is 0 Å². The summed E-state index contributed by atoms with van der Waals surface area (Å²) in [5, 5.41) is 2.53. The van der Waals surface area contributed by atoms with Crippen molar-refractivity contribution in [3.05, 3.63) is 66.3 Å². The van der Waals surface area contributed by atoms with E-state index in [2.05, 4.69) is 52.3 Å². The zero-order valence-corrected chi connectivity index (χ0v) is 11.2. The molecule has 96 valence electrons. The Morgan fingerprint density at radius 3 is 2.55 bits per heavy atom. The maximum absolute atomic E-state index is 4.33. The second-order valence-corrected chi connectivity index (χ2v) is 5.06. The van der Waals surface area contributed by atoms with Crippen LogP contribution in [0.4, 0.5) is 5.69 Å². The predicted molar refractivity (Wildman–Crippen MR) is 84.9 cm³/mol. The Morgan fingerprint density at radius 2 is 1.70 bits per heavy atom. The van der Waals surface area contributed by atoms with E-state index in [0.717, 1.165) is 5.69 Å². The van der Waals surface area contributed by atoms with Gasteiger partial charge in [-0.2, -0.15) is 0 Å². The summed E-state index contributed by atoms with van der Waals surface area (Å²) in [7, 11) is 2.02. The van der Waals surface area contributed by atoms with Crippen LogP contribution in [0.25, 0.3) is 10.8 Å². The monoisotopic (exact) mass is 260 g/mol. The van der Waals surface area contributed by atoms with Crippen molar-refractivity contribution < 1.29 is 0 Å². The van der Waals surface area contributed by atoms with Crippen LogP contribution in [0.5, 0.6) is 0 Å². The summed E-state index contributed by atoms with van der Waals surface area (Å²) in [5.74, 6) is 0. The van der Waals surface area contributed by atoms with E-state index in [9.17, 15) is 0 Å². The van der Waals surface area contributed by atoms with Crippen LogP contribution in [-0.4, -0.2) is 24.4 Å². The molecule has 0 atom stereocenters. The maximum atomic E-state index is 4.33. The van der Waals surface area contributed by atoms with Gasteiger partial charge in [0.1, 0.15) is 0 Å². The van der Waals surface area contributed by atoms with E-state index in [4.69, 9.17) is 0 Å². The van der Waals surface area contributed by atoms with Gasteiger partial charge in [0.15, 0.2) is 0 Å². The number of benzene rings is 2. The van der Waals surface area contributed by atoms with Crippen molar-refractivity contribution >= 4 is 28.9 Å². The molecule has 2 heterocycles. The molecule has 4 rings (SSSR count). The second-order valence-electron chi connectivity index (χ2n) is 5.06. The van der Waals surface area contributed by atoms with E-state index in [1.54, 1.807) is 0 Å². The molecule has 0 fully saturated rings. The molecule has 2 aromatic rings. The van der Waals surface area contributed by atoms with Gasteiger partial charge in [0, 0.05) is 42.9 Å². The van der Waals surface area contributed by atoms with Crippen LogP contribution in [0, 0.1) is 0 Å². The average molecular weight is 260 g/mol. The summed E-state index contributed by atoms with van der Waals surface area (Å²) in [5.41, 5.74) is 3.52. The highest BCUT2D eigenvalue weighted by Gasteiger charge is 2.15. The molecule has 20 heavy (non-hydrogen) atoms. The molecule has 3 nitrogen and oxygen atoms in total. The third-order valence-corrected chi connectivity index (χ3v) is 3.67. The molecule has 0 amide bonds. The van der Waals surface area contributed by atoms with Crippen LogP contribution in [-0.2, 0) is 0 Å². The molecule has 0 N–H and O–H groups in total. The van der Waals surface area contributed by atoms with Crippen LogP contribution >= 0.6 is 0 Å². The minimum Gasteiger partial charge on any atom is -0.354 e. The molecule has 0 aromatic heterocycles.